The van der Waals surface area contributed by atoms with Crippen molar-refractivity contribution in [2.45, 2.75) is 26.3 Å². The minimum Gasteiger partial charge on any atom is -0.314 e. The molecule has 0 radical (unpaired) electrons. The molecule has 1 unspecified atom stereocenters. The van der Waals surface area contributed by atoms with Crippen LogP contribution in [0.25, 0.3) is 0 Å². The molecule has 1 aliphatic rings. The van der Waals surface area contributed by atoms with E-state index in [4.69, 9.17) is 0 Å². The van der Waals surface area contributed by atoms with Gasteiger partial charge in [-0.3, -0.25) is 4.90 Å². The average Bonchev–Trinajstić information content (AvgIpc) is 2.38. The topological polar surface area (TPSA) is 15.3 Å². The van der Waals surface area contributed by atoms with E-state index in [1.54, 1.807) is 12.1 Å². The third kappa shape index (κ3) is 3.53. The number of hydrogen-bond acceptors (Lipinski definition) is 2. The summed E-state index contributed by atoms with van der Waals surface area (Å²) in [7, 11) is 0. The van der Waals surface area contributed by atoms with Gasteiger partial charge in [-0.2, -0.15) is 0 Å². The maximum absolute atomic E-state index is 13.0. The maximum atomic E-state index is 13.0. The summed E-state index contributed by atoms with van der Waals surface area (Å²) in [4.78, 5) is 2.52. The van der Waals surface area contributed by atoms with Crippen LogP contribution in [0.5, 0.6) is 0 Å². The first-order valence-corrected chi connectivity index (χ1v) is 6.87. The van der Waals surface area contributed by atoms with Gasteiger partial charge in [0.2, 0.25) is 0 Å². The molecular weight excluding hydrogens is 227 g/mol. The highest BCUT2D eigenvalue weighted by atomic mass is 19.1. The minimum atomic E-state index is -0.151. The average molecular weight is 250 g/mol. The third-order valence-corrected chi connectivity index (χ3v) is 3.54. The van der Waals surface area contributed by atoms with Crippen LogP contribution in [0.15, 0.2) is 24.3 Å². The van der Waals surface area contributed by atoms with E-state index in [1.165, 1.54) is 5.56 Å². The van der Waals surface area contributed by atoms with Gasteiger partial charge >= 0.3 is 0 Å². The Balaban J connectivity index is 2.15. The van der Waals surface area contributed by atoms with Gasteiger partial charge in [0, 0.05) is 32.2 Å². The van der Waals surface area contributed by atoms with Gasteiger partial charge in [-0.1, -0.05) is 26.0 Å². The lowest BCUT2D eigenvalue weighted by Crippen LogP contribution is -2.45. The van der Waals surface area contributed by atoms with Crippen LogP contribution in [0.3, 0.4) is 0 Å². The molecule has 3 heteroatoms. The fraction of sp³-hybridized carbons (Fsp3) is 0.600. The predicted molar refractivity (Wildman–Crippen MR) is 73.0 cm³/mol. The summed E-state index contributed by atoms with van der Waals surface area (Å²) in [6, 6.07) is 7.44. The van der Waals surface area contributed by atoms with Crippen molar-refractivity contribution in [3.63, 3.8) is 0 Å². The Morgan fingerprint density at radius 2 is 1.78 bits per heavy atom. The van der Waals surface area contributed by atoms with Gasteiger partial charge in [0.1, 0.15) is 5.82 Å². The molecule has 1 fully saturated rings. The SMILES string of the molecule is CC(C)CC(c1ccc(F)cc1)N1CCNCC1. The van der Waals surface area contributed by atoms with Crippen molar-refractivity contribution in [2.24, 2.45) is 5.92 Å². The molecule has 2 nitrogen and oxygen atoms in total. The lowest BCUT2D eigenvalue weighted by atomic mass is 9.95. The first-order chi connectivity index (χ1) is 8.66. The normalized spacial score (nSPS) is 19.1. The lowest BCUT2D eigenvalue weighted by Gasteiger charge is -2.36. The number of hydrogen-bond donors (Lipinski definition) is 1. The van der Waals surface area contributed by atoms with Gasteiger partial charge in [0.05, 0.1) is 0 Å². The van der Waals surface area contributed by atoms with E-state index in [9.17, 15) is 4.39 Å². The number of nitrogens with zero attached hydrogens (tertiary/aromatic N) is 1. The van der Waals surface area contributed by atoms with Gasteiger partial charge < -0.3 is 5.32 Å². The van der Waals surface area contributed by atoms with Crippen LogP contribution in [-0.4, -0.2) is 31.1 Å². The number of rotatable bonds is 4. The molecule has 0 bridgehead atoms. The summed E-state index contributed by atoms with van der Waals surface area (Å²) in [6.45, 7) is 8.76. The van der Waals surface area contributed by atoms with Gasteiger partial charge in [-0.25, -0.2) is 4.39 Å². The van der Waals surface area contributed by atoms with Gasteiger partial charge in [-0.15, -0.1) is 0 Å². The molecule has 1 atom stereocenters. The molecular formula is C15H23FN2. The Labute approximate surface area is 109 Å². The summed E-state index contributed by atoms with van der Waals surface area (Å²) in [6.07, 6.45) is 1.13. The largest absolute Gasteiger partial charge is 0.314 e. The summed E-state index contributed by atoms with van der Waals surface area (Å²) in [5.41, 5.74) is 1.24. The molecule has 0 amide bonds. The molecule has 1 saturated heterocycles. The van der Waals surface area contributed by atoms with E-state index in [-0.39, 0.29) is 5.82 Å². The van der Waals surface area contributed by atoms with Crippen LogP contribution in [0.2, 0.25) is 0 Å². The highest BCUT2D eigenvalue weighted by Crippen LogP contribution is 2.28. The molecule has 100 valence electrons. The van der Waals surface area contributed by atoms with Crippen LogP contribution in [0, 0.1) is 11.7 Å². The van der Waals surface area contributed by atoms with Crippen molar-refractivity contribution in [2.75, 3.05) is 26.2 Å². The zero-order valence-corrected chi connectivity index (χ0v) is 11.3. The highest BCUT2D eigenvalue weighted by molar-refractivity contribution is 5.20. The van der Waals surface area contributed by atoms with Crippen molar-refractivity contribution < 1.29 is 4.39 Å². The molecule has 0 spiro atoms. The van der Waals surface area contributed by atoms with Gasteiger partial charge in [0.25, 0.3) is 0 Å². The molecule has 18 heavy (non-hydrogen) atoms. The van der Waals surface area contributed by atoms with E-state index >= 15 is 0 Å². The molecule has 1 aliphatic heterocycles. The van der Waals surface area contributed by atoms with Crippen molar-refractivity contribution >= 4 is 0 Å². The van der Waals surface area contributed by atoms with E-state index in [0.29, 0.717) is 12.0 Å². The van der Waals surface area contributed by atoms with E-state index in [0.717, 1.165) is 32.6 Å². The standard InChI is InChI=1S/C15H23FN2/c1-12(2)11-15(18-9-7-17-8-10-18)13-3-5-14(16)6-4-13/h3-6,12,15,17H,7-11H2,1-2H3. The second-order valence-corrected chi connectivity index (χ2v) is 5.48. The molecule has 1 aromatic rings. The Hall–Kier alpha value is -0.930. The quantitative estimate of drug-likeness (QED) is 0.884. The van der Waals surface area contributed by atoms with E-state index < -0.39 is 0 Å². The van der Waals surface area contributed by atoms with Crippen molar-refractivity contribution in [3.8, 4) is 0 Å². The first-order valence-electron chi connectivity index (χ1n) is 6.87. The van der Waals surface area contributed by atoms with Crippen LogP contribution >= 0.6 is 0 Å². The van der Waals surface area contributed by atoms with Crippen molar-refractivity contribution in [1.29, 1.82) is 0 Å². The number of benzene rings is 1. The fourth-order valence-electron chi connectivity index (χ4n) is 2.62. The van der Waals surface area contributed by atoms with Crippen molar-refractivity contribution in [1.82, 2.24) is 10.2 Å². The molecule has 1 N–H and O–H groups in total. The number of nitrogens with one attached hydrogen (secondary N) is 1. The van der Waals surface area contributed by atoms with Crippen molar-refractivity contribution in [3.05, 3.63) is 35.6 Å². The second-order valence-electron chi connectivity index (χ2n) is 5.48. The van der Waals surface area contributed by atoms with Crippen LogP contribution in [0.1, 0.15) is 31.9 Å². The van der Waals surface area contributed by atoms with E-state index in [2.05, 4.69) is 24.1 Å². The number of piperazine rings is 1. The summed E-state index contributed by atoms with van der Waals surface area (Å²) in [5.74, 6) is 0.497. The molecule has 1 aromatic carbocycles. The maximum Gasteiger partial charge on any atom is 0.123 e. The van der Waals surface area contributed by atoms with Gasteiger partial charge in [-0.05, 0) is 30.0 Å². The minimum absolute atomic E-state index is 0.151. The smallest absolute Gasteiger partial charge is 0.123 e. The third-order valence-electron chi connectivity index (χ3n) is 3.54. The second kappa shape index (κ2) is 6.30. The molecule has 0 aliphatic carbocycles. The number of halogens is 1. The Kier molecular flexibility index (Phi) is 4.72. The summed E-state index contributed by atoms with van der Waals surface area (Å²) >= 11 is 0. The predicted octanol–water partition coefficient (Wildman–Crippen LogP) is 2.82. The Morgan fingerprint density at radius 1 is 1.17 bits per heavy atom. The molecule has 1 heterocycles. The summed E-state index contributed by atoms with van der Waals surface area (Å²) in [5, 5.41) is 3.38. The lowest BCUT2D eigenvalue weighted by molar-refractivity contribution is 0.154. The Bertz CT molecular complexity index is 355. The molecule has 0 aromatic heterocycles. The highest BCUT2D eigenvalue weighted by Gasteiger charge is 2.22. The zero-order chi connectivity index (χ0) is 13.0. The fourth-order valence-corrected chi connectivity index (χ4v) is 2.62. The molecule has 0 saturated carbocycles. The van der Waals surface area contributed by atoms with Crippen LogP contribution < -0.4 is 5.32 Å². The molecule has 2 rings (SSSR count). The zero-order valence-electron chi connectivity index (χ0n) is 11.3. The van der Waals surface area contributed by atoms with Crippen LogP contribution in [-0.2, 0) is 0 Å². The monoisotopic (exact) mass is 250 g/mol. The summed E-state index contributed by atoms with van der Waals surface area (Å²) < 4.78 is 13.0. The Morgan fingerprint density at radius 3 is 2.33 bits per heavy atom. The van der Waals surface area contributed by atoms with E-state index in [1.807, 2.05) is 12.1 Å². The first kappa shape index (κ1) is 13.5. The van der Waals surface area contributed by atoms with Crippen LogP contribution in [0.4, 0.5) is 4.39 Å². The van der Waals surface area contributed by atoms with Gasteiger partial charge in [0.15, 0.2) is 0 Å².